The topological polar surface area (TPSA) is 131 Å². The predicted octanol–water partition coefficient (Wildman–Crippen LogP) is 7.84. The molecule has 0 radical (unpaired) electrons. The van der Waals surface area contributed by atoms with Crippen LogP contribution < -0.4 is 10.9 Å². The van der Waals surface area contributed by atoms with E-state index in [1.807, 2.05) is 30.3 Å². The number of nitro groups is 1. The maximum atomic E-state index is 13.1. The Morgan fingerprint density at radius 3 is 2.65 bits per heavy atom. The maximum absolute atomic E-state index is 13.1. The molecule has 0 unspecified atom stereocenters. The van der Waals surface area contributed by atoms with Crippen molar-refractivity contribution in [3.63, 3.8) is 0 Å². The zero-order valence-corrected chi connectivity index (χ0v) is 25.0. The van der Waals surface area contributed by atoms with E-state index in [-0.39, 0.29) is 17.2 Å². The van der Waals surface area contributed by atoms with Crippen molar-refractivity contribution < 1.29 is 9.72 Å². The van der Waals surface area contributed by atoms with Crippen LogP contribution in [-0.4, -0.2) is 25.8 Å². The van der Waals surface area contributed by atoms with Crippen LogP contribution in [0.1, 0.15) is 40.1 Å². The first-order chi connectivity index (χ1) is 20.9. The molecular weight excluding hydrogens is 603 g/mol. The van der Waals surface area contributed by atoms with E-state index in [2.05, 4.69) is 15.3 Å². The van der Waals surface area contributed by atoms with Gasteiger partial charge in [0, 0.05) is 27.8 Å². The zero-order valence-electron chi connectivity index (χ0n) is 22.6. The van der Waals surface area contributed by atoms with Gasteiger partial charge in [0.2, 0.25) is 0 Å². The molecular formula is C31H23N5O4S3. The van der Waals surface area contributed by atoms with Crippen LogP contribution in [-0.2, 0) is 12.8 Å². The SMILES string of the molecule is O=C(Nc1ccc2nc(Sc3ccc(-c4nc5sc6c(c5c(=O)[nH]4)CCCCC6)cc3[N+](=O)[O-])sc2c1)c1ccccc1. The number of aryl methyl sites for hydroxylation is 2. The van der Waals surface area contributed by atoms with Gasteiger partial charge >= 0.3 is 0 Å². The average Bonchev–Trinajstić information content (AvgIpc) is 3.49. The molecule has 1 amide bonds. The number of amides is 1. The van der Waals surface area contributed by atoms with Crippen LogP contribution in [0, 0.1) is 10.1 Å². The first-order valence-electron chi connectivity index (χ1n) is 13.7. The van der Waals surface area contributed by atoms with Gasteiger partial charge in [-0.1, -0.05) is 36.4 Å². The van der Waals surface area contributed by atoms with Crippen LogP contribution in [0.5, 0.6) is 0 Å². The summed E-state index contributed by atoms with van der Waals surface area (Å²) in [5.74, 6) is 0.109. The lowest BCUT2D eigenvalue weighted by Crippen LogP contribution is -2.11. The summed E-state index contributed by atoms with van der Waals surface area (Å²) in [6.07, 6.45) is 5.16. The Balaban J connectivity index is 1.16. The highest BCUT2D eigenvalue weighted by Crippen LogP contribution is 2.41. The molecule has 1 aliphatic carbocycles. The second-order valence-corrected chi connectivity index (χ2v) is 13.6. The number of nitrogens with one attached hydrogen (secondary N) is 2. The molecule has 214 valence electrons. The highest BCUT2D eigenvalue weighted by molar-refractivity contribution is 8.01. The van der Waals surface area contributed by atoms with Gasteiger partial charge in [0.1, 0.15) is 10.7 Å². The molecule has 0 saturated carbocycles. The molecule has 6 aromatic rings. The number of benzene rings is 3. The number of fused-ring (bicyclic) bond motifs is 4. The van der Waals surface area contributed by atoms with E-state index >= 15 is 0 Å². The third kappa shape index (κ3) is 5.44. The molecule has 1 aliphatic rings. The Kier molecular flexibility index (Phi) is 7.25. The molecule has 12 heteroatoms. The van der Waals surface area contributed by atoms with E-state index in [4.69, 9.17) is 4.98 Å². The molecule has 43 heavy (non-hydrogen) atoms. The smallest absolute Gasteiger partial charge is 0.284 e. The molecule has 3 aromatic carbocycles. The van der Waals surface area contributed by atoms with Gasteiger partial charge in [-0.3, -0.25) is 19.7 Å². The number of carbonyl (C=O) groups is 1. The second-order valence-electron chi connectivity index (χ2n) is 10.2. The van der Waals surface area contributed by atoms with Crippen LogP contribution in [0.2, 0.25) is 0 Å². The number of aromatic amines is 1. The first-order valence-corrected chi connectivity index (χ1v) is 16.2. The molecule has 7 rings (SSSR count). The highest BCUT2D eigenvalue weighted by Gasteiger charge is 2.22. The molecule has 3 aromatic heterocycles. The van der Waals surface area contributed by atoms with Crippen molar-refractivity contribution in [1.29, 1.82) is 0 Å². The van der Waals surface area contributed by atoms with Crippen molar-refractivity contribution in [2.75, 3.05) is 5.32 Å². The molecule has 0 aliphatic heterocycles. The fourth-order valence-corrected chi connectivity index (χ4v) is 8.69. The minimum absolute atomic E-state index is 0.0951. The van der Waals surface area contributed by atoms with Crippen LogP contribution >= 0.6 is 34.4 Å². The van der Waals surface area contributed by atoms with Crippen LogP contribution in [0.25, 0.3) is 31.8 Å². The summed E-state index contributed by atoms with van der Waals surface area (Å²) in [5, 5.41) is 15.7. The minimum atomic E-state index is -0.430. The Morgan fingerprint density at radius 2 is 1.81 bits per heavy atom. The number of aromatic nitrogens is 3. The van der Waals surface area contributed by atoms with Crippen molar-refractivity contribution in [2.24, 2.45) is 0 Å². The fourth-order valence-electron chi connectivity index (χ4n) is 5.28. The Labute approximate surface area is 257 Å². The Morgan fingerprint density at radius 1 is 0.977 bits per heavy atom. The number of anilines is 1. The number of hydrogen-bond donors (Lipinski definition) is 2. The van der Waals surface area contributed by atoms with Crippen molar-refractivity contribution in [2.45, 2.75) is 41.3 Å². The summed E-state index contributed by atoms with van der Waals surface area (Å²) >= 11 is 4.15. The van der Waals surface area contributed by atoms with Crippen LogP contribution in [0.4, 0.5) is 11.4 Å². The van der Waals surface area contributed by atoms with Gasteiger partial charge < -0.3 is 10.3 Å². The predicted molar refractivity (Wildman–Crippen MR) is 172 cm³/mol. The average molecular weight is 626 g/mol. The zero-order chi connectivity index (χ0) is 29.5. The van der Waals surface area contributed by atoms with Crippen LogP contribution in [0.3, 0.4) is 0 Å². The second kappa shape index (κ2) is 11.4. The number of thiazole rings is 1. The number of carbonyl (C=O) groups excluding carboxylic acids is 1. The van der Waals surface area contributed by atoms with E-state index in [1.165, 1.54) is 34.0 Å². The lowest BCUT2D eigenvalue weighted by Gasteiger charge is -2.05. The summed E-state index contributed by atoms with van der Waals surface area (Å²) in [7, 11) is 0. The van der Waals surface area contributed by atoms with E-state index in [0.717, 1.165) is 47.9 Å². The molecule has 0 saturated heterocycles. The normalized spacial score (nSPS) is 13.1. The first kappa shape index (κ1) is 27.4. The summed E-state index contributed by atoms with van der Waals surface area (Å²) < 4.78 is 1.47. The summed E-state index contributed by atoms with van der Waals surface area (Å²) in [4.78, 5) is 51.9. The fraction of sp³-hybridized carbons (Fsp3) is 0.161. The van der Waals surface area contributed by atoms with Crippen molar-refractivity contribution >= 4 is 72.2 Å². The van der Waals surface area contributed by atoms with Gasteiger partial charge in [0.05, 0.1) is 25.4 Å². The standard InChI is InChI=1S/C31H23N5O4S3/c37-28(17-7-3-1-4-8-17)32-19-12-13-21-25(16-19)43-31(33-21)42-24-14-11-18(15-22(24)36(39)40)27-34-29(38)26-20-9-5-2-6-10-23(20)41-30(26)35-27/h1,3-4,7-8,11-16H,2,5-6,9-10H2,(H,32,37)(H,34,35,38). The highest BCUT2D eigenvalue weighted by atomic mass is 32.2. The summed E-state index contributed by atoms with van der Waals surface area (Å²) in [6.45, 7) is 0. The number of nitrogens with zero attached hydrogens (tertiary/aromatic N) is 3. The monoisotopic (exact) mass is 625 g/mol. The third-order valence-corrected chi connectivity index (χ3v) is 10.7. The molecule has 9 nitrogen and oxygen atoms in total. The van der Waals surface area contributed by atoms with Crippen LogP contribution in [0.15, 0.2) is 80.8 Å². The van der Waals surface area contributed by atoms with Crippen molar-refractivity contribution in [1.82, 2.24) is 15.0 Å². The number of nitro benzene ring substituents is 1. The number of thiophene rings is 1. The summed E-state index contributed by atoms with van der Waals surface area (Å²) in [5.41, 5.74) is 3.21. The Hall–Kier alpha value is -4.39. The van der Waals surface area contributed by atoms with Crippen molar-refractivity contribution in [3.05, 3.63) is 103 Å². The van der Waals surface area contributed by atoms with Gasteiger partial charge in [-0.15, -0.1) is 22.7 Å². The van der Waals surface area contributed by atoms with E-state index in [1.54, 1.807) is 41.7 Å². The molecule has 0 fully saturated rings. The molecule has 3 heterocycles. The summed E-state index contributed by atoms with van der Waals surface area (Å²) in [6, 6.07) is 19.3. The van der Waals surface area contributed by atoms with Gasteiger partial charge in [0.25, 0.3) is 17.2 Å². The lowest BCUT2D eigenvalue weighted by atomic mass is 10.1. The molecule has 0 spiro atoms. The maximum Gasteiger partial charge on any atom is 0.284 e. The lowest BCUT2D eigenvalue weighted by molar-refractivity contribution is -0.387. The number of H-pyrrole nitrogens is 1. The molecule has 0 atom stereocenters. The number of rotatable bonds is 6. The van der Waals surface area contributed by atoms with Gasteiger partial charge in [-0.05, 0) is 73.7 Å². The van der Waals surface area contributed by atoms with E-state index in [9.17, 15) is 19.7 Å². The molecule has 2 N–H and O–H groups in total. The largest absolute Gasteiger partial charge is 0.322 e. The van der Waals surface area contributed by atoms with Gasteiger partial charge in [0.15, 0.2) is 4.34 Å². The minimum Gasteiger partial charge on any atom is -0.322 e. The number of hydrogen-bond acceptors (Lipinski definition) is 9. The van der Waals surface area contributed by atoms with Crippen molar-refractivity contribution in [3.8, 4) is 11.4 Å². The third-order valence-electron chi connectivity index (χ3n) is 7.36. The molecule has 0 bridgehead atoms. The van der Waals surface area contributed by atoms with Gasteiger partial charge in [-0.25, -0.2) is 9.97 Å². The van der Waals surface area contributed by atoms with E-state index in [0.29, 0.717) is 42.1 Å². The quantitative estimate of drug-likeness (QED) is 0.109. The van der Waals surface area contributed by atoms with E-state index < -0.39 is 4.92 Å². The van der Waals surface area contributed by atoms with Gasteiger partial charge in [-0.2, -0.15) is 0 Å². The Bertz CT molecular complexity index is 2100.